The first-order chi connectivity index (χ1) is 7.22. The minimum atomic E-state index is -4.94. The Morgan fingerprint density at radius 2 is 2.06 bits per heavy atom. The number of hydrogen-bond acceptors (Lipinski definition) is 7. The van der Waals surface area contributed by atoms with Gasteiger partial charge in [0.2, 0.25) is 12.9 Å². The number of carboxylic acids is 1. The molecule has 0 amide bonds. The number of hydrogen-bond donors (Lipinski definition) is 2. The van der Waals surface area contributed by atoms with E-state index in [1.807, 2.05) is 0 Å². The van der Waals surface area contributed by atoms with Crippen molar-refractivity contribution in [2.24, 2.45) is 0 Å². The third kappa shape index (κ3) is 9.11. The molecule has 11 heteroatoms. The summed E-state index contributed by atoms with van der Waals surface area (Å²) in [7, 11) is -3.23. The van der Waals surface area contributed by atoms with Gasteiger partial charge in [-0.25, -0.2) is 23.4 Å². The van der Waals surface area contributed by atoms with Gasteiger partial charge in [-0.3, -0.25) is 5.43 Å². The van der Waals surface area contributed by atoms with Crippen LogP contribution in [0.5, 0.6) is 0 Å². The summed E-state index contributed by atoms with van der Waals surface area (Å²) in [5.41, 5.74) is 2.76. The van der Waals surface area contributed by atoms with Gasteiger partial charge in [0.05, 0.1) is 0 Å². The molecular weight excluding hydrogens is 248 g/mol. The molecule has 0 spiro atoms. The quantitative estimate of drug-likeness (QED) is 0.504. The molecule has 16 heavy (non-hydrogen) atoms. The summed E-state index contributed by atoms with van der Waals surface area (Å²) in [5, 5.41) is 12.1. The van der Waals surface area contributed by atoms with Crippen molar-refractivity contribution in [2.75, 3.05) is 12.5 Å². The van der Waals surface area contributed by atoms with Gasteiger partial charge in [0.25, 0.3) is 6.33 Å². The topological polar surface area (TPSA) is 163 Å². The average molecular weight is 257 g/mol. The lowest BCUT2D eigenvalue weighted by molar-refractivity contribution is -2.00. The van der Waals surface area contributed by atoms with E-state index in [2.05, 4.69) is 10.5 Å². The summed E-state index contributed by atoms with van der Waals surface area (Å²) in [5.74, 6) is -0.906. The normalized spacial score (nSPS) is 10.3. The molecule has 0 radical (unpaired) electrons. The molecule has 1 aromatic heterocycles. The molecule has 0 fully saturated rings. The zero-order valence-corrected chi connectivity index (χ0v) is 8.83. The summed E-state index contributed by atoms with van der Waals surface area (Å²) < 4.78 is 36.8. The Bertz CT molecular complexity index is 330. The summed E-state index contributed by atoms with van der Waals surface area (Å²) >= 11 is 0. The molecule has 0 saturated heterocycles. The lowest BCUT2D eigenvalue weighted by atomic mass is 10.7. The molecule has 10 nitrogen and oxygen atoms in total. The zero-order chi connectivity index (χ0) is 12.8. The van der Waals surface area contributed by atoms with Gasteiger partial charge in [0.1, 0.15) is 0 Å². The van der Waals surface area contributed by atoms with Crippen molar-refractivity contribution in [3.8, 4) is 0 Å². The van der Waals surface area contributed by atoms with Gasteiger partial charge in [0.15, 0.2) is 0 Å². The zero-order valence-electron chi connectivity index (χ0n) is 8.07. The molecule has 0 bridgehead atoms. The van der Waals surface area contributed by atoms with E-state index in [1.165, 1.54) is 11.0 Å². The molecule has 1 aromatic rings. The number of aromatic nitrogens is 3. The predicted molar refractivity (Wildman–Crippen MR) is 35.3 cm³/mol. The minimum absolute atomic E-state index is 0.116. The van der Waals surface area contributed by atoms with Crippen molar-refractivity contribution in [2.45, 2.75) is 6.54 Å². The monoisotopic (exact) mass is 256 g/mol. The lowest BCUT2D eigenvalue weighted by Gasteiger charge is -2.17. The first kappa shape index (κ1) is 14.5. The van der Waals surface area contributed by atoms with E-state index in [-0.39, 0.29) is 6.54 Å². The fraction of sp³-hybridized carbons (Fsp3) is 0.400. The lowest BCUT2D eigenvalue weighted by Crippen LogP contribution is -2.68. The number of aliphatic carboxylic acids is 1. The van der Waals surface area contributed by atoms with Crippen molar-refractivity contribution in [3.05, 3.63) is 12.7 Å². The van der Waals surface area contributed by atoms with Gasteiger partial charge in [0, 0.05) is 7.05 Å². The average Bonchev–Trinajstić information content (AvgIpc) is 2.48. The first-order valence-electron chi connectivity index (χ1n) is 3.67. The molecule has 0 aliphatic rings. The van der Waals surface area contributed by atoms with Gasteiger partial charge in [-0.05, 0) is 5.10 Å². The SMILES string of the molecule is CNn1cn[n+](CC(=O)O)c1.[O-][Cl+3]([O-])([O-])[O-]. The molecule has 1 rings (SSSR count). The van der Waals surface area contributed by atoms with Crippen LogP contribution in [0.25, 0.3) is 0 Å². The Labute approximate surface area is 91.7 Å². The Hall–Kier alpha value is -1.46. The summed E-state index contributed by atoms with van der Waals surface area (Å²) in [6.45, 7) is -0.116. The van der Waals surface area contributed by atoms with Crippen LogP contribution in [-0.4, -0.2) is 27.9 Å². The van der Waals surface area contributed by atoms with Gasteiger partial charge in [-0.1, -0.05) is 0 Å². The molecule has 0 atom stereocenters. The molecule has 92 valence electrons. The first-order valence-corrected chi connectivity index (χ1v) is 4.91. The van der Waals surface area contributed by atoms with Crippen LogP contribution in [0.2, 0.25) is 0 Å². The van der Waals surface area contributed by atoms with Crippen molar-refractivity contribution in [1.82, 2.24) is 9.77 Å². The summed E-state index contributed by atoms with van der Waals surface area (Å²) in [6, 6.07) is 0. The number of carboxylic acid groups (broad SMARTS) is 1. The Kier molecular flexibility index (Phi) is 5.63. The van der Waals surface area contributed by atoms with Gasteiger partial charge in [-0.15, -0.1) is 19.6 Å². The maximum Gasteiger partial charge on any atom is 0.348 e. The van der Waals surface area contributed by atoms with Gasteiger partial charge >= 0.3 is 5.97 Å². The van der Waals surface area contributed by atoms with Crippen molar-refractivity contribution < 1.29 is 43.5 Å². The molecular formula is C5H9ClN4O6. The van der Waals surface area contributed by atoms with Gasteiger partial charge < -0.3 is 5.11 Å². The van der Waals surface area contributed by atoms with Crippen LogP contribution in [0.4, 0.5) is 0 Å². The molecule has 0 aliphatic carbocycles. The Balaban J connectivity index is 0.000000385. The highest BCUT2D eigenvalue weighted by atomic mass is 35.7. The van der Waals surface area contributed by atoms with Crippen molar-refractivity contribution in [3.63, 3.8) is 0 Å². The van der Waals surface area contributed by atoms with Crippen LogP contribution >= 0.6 is 0 Å². The molecule has 0 aromatic carbocycles. The maximum absolute atomic E-state index is 10.2. The minimum Gasteiger partial charge on any atom is -0.478 e. The summed E-state index contributed by atoms with van der Waals surface area (Å²) in [4.78, 5) is 10.2. The smallest absolute Gasteiger partial charge is 0.348 e. The molecule has 0 aliphatic heterocycles. The van der Waals surface area contributed by atoms with Crippen LogP contribution in [0.15, 0.2) is 12.7 Å². The second kappa shape index (κ2) is 6.19. The van der Waals surface area contributed by atoms with Crippen LogP contribution in [-0.2, 0) is 11.3 Å². The number of rotatable bonds is 3. The van der Waals surface area contributed by atoms with Crippen LogP contribution < -0.4 is 28.7 Å². The third-order valence-electron chi connectivity index (χ3n) is 1.14. The van der Waals surface area contributed by atoms with Gasteiger partial charge in [-0.2, -0.15) is 0 Å². The summed E-state index contributed by atoms with van der Waals surface area (Å²) in [6.07, 6.45) is 3.04. The van der Waals surface area contributed by atoms with Crippen molar-refractivity contribution in [1.29, 1.82) is 0 Å². The van der Waals surface area contributed by atoms with Crippen molar-refractivity contribution >= 4 is 5.97 Å². The standard InChI is InChI=1S/C5H8N4O2.ClHO4/c1-6-9-3-7-8(4-9)2-5(10)11;2-1(3,4)5/h3-4,6H,2H2,1H3;(H,2,3,4,5). The second-order valence-electron chi connectivity index (χ2n) is 2.35. The second-order valence-corrected chi connectivity index (χ2v) is 3.10. The highest BCUT2D eigenvalue weighted by Gasteiger charge is 2.07. The van der Waals surface area contributed by atoms with Crippen LogP contribution in [0.3, 0.4) is 0 Å². The van der Waals surface area contributed by atoms with E-state index in [1.54, 1.807) is 18.1 Å². The van der Waals surface area contributed by atoms with E-state index < -0.39 is 16.2 Å². The number of nitrogens with zero attached hydrogens (tertiary/aromatic N) is 3. The number of halogens is 1. The Morgan fingerprint density at radius 1 is 1.56 bits per heavy atom. The fourth-order valence-electron chi connectivity index (χ4n) is 0.661. The molecule has 0 unspecified atom stereocenters. The molecule has 1 heterocycles. The number of nitrogens with one attached hydrogen (secondary N) is 1. The number of carbonyl (C=O) groups is 1. The molecule has 0 saturated carbocycles. The van der Waals surface area contributed by atoms with E-state index >= 15 is 0 Å². The largest absolute Gasteiger partial charge is 0.478 e. The third-order valence-corrected chi connectivity index (χ3v) is 1.14. The van der Waals surface area contributed by atoms with Crippen LogP contribution in [0.1, 0.15) is 0 Å². The van der Waals surface area contributed by atoms with E-state index in [4.69, 9.17) is 23.7 Å². The fourth-order valence-corrected chi connectivity index (χ4v) is 0.661. The maximum atomic E-state index is 10.2. The highest BCUT2D eigenvalue weighted by Crippen LogP contribution is 1.71. The van der Waals surface area contributed by atoms with E-state index in [0.717, 1.165) is 0 Å². The highest BCUT2D eigenvalue weighted by molar-refractivity contribution is 5.64. The van der Waals surface area contributed by atoms with Crippen LogP contribution in [0, 0.1) is 10.2 Å². The Morgan fingerprint density at radius 3 is 2.38 bits per heavy atom. The predicted octanol–water partition coefficient (Wildman–Crippen LogP) is -6.33. The van der Waals surface area contributed by atoms with E-state index in [0.29, 0.717) is 0 Å². The van der Waals surface area contributed by atoms with E-state index in [9.17, 15) is 4.79 Å². The molecule has 2 N–H and O–H groups in total.